The van der Waals surface area contributed by atoms with Gasteiger partial charge >= 0.3 is 12.2 Å². The number of benzene rings is 1. The van der Waals surface area contributed by atoms with Gasteiger partial charge in [0.1, 0.15) is 0 Å². The third kappa shape index (κ3) is 4.16. The Morgan fingerprint density at radius 2 is 1.92 bits per heavy atom. The molecule has 0 saturated carbocycles. The number of hydrogen-bond acceptors (Lipinski definition) is 3. The first-order valence-corrected chi connectivity index (χ1v) is 7.33. The topological polar surface area (TPSA) is 95.7 Å². The van der Waals surface area contributed by atoms with Crippen LogP contribution in [0.15, 0.2) is 24.3 Å². The molecular formula is C15H18F3N3O3. The highest BCUT2D eigenvalue weighted by Crippen LogP contribution is 2.36. The predicted molar refractivity (Wildman–Crippen MR) is 78.7 cm³/mol. The highest BCUT2D eigenvalue weighted by atomic mass is 19.4. The molecule has 1 saturated heterocycles. The zero-order valence-corrected chi connectivity index (χ0v) is 12.8. The Bertz CT molecular complexity index is 626. The van der Waals surface area contributed by atoms with Crippen LogP contribution >= 0.6 is 0 Å². The Hall–Kier alpha value is -2.29. The van der Waals surface area contributed by atoms with Crippen molar-refractivity contribution < 1.29 is 27.9 Å². The summed E-state index contributed by atoms with van der Waals surface area (Å²) in [5, 5.41) is 12.8. The van der Waals surface area contributed by atoms with Gasteiger partial charge in [0, 0.05) is 13.1 Å². The average Bonchev–Trinajstić information content (AvgIpc) is 2.52. The molecule has 0 bridgehead atoms. The van der Waals surface area contributed by atoms with Crippen LogP contribution in [0.1, 0.15) is 24.0 Å². The molecule has 24 heavy (non-hydrogen) atoms. The number of rotatable bonds is 3. The summed E-state index contributed by atoms with van der Waals surface area (Å²) in [5.74, 6) is -0.361. The summed E-state index contributed by atoms with van der Waals surface area (Å²) in [6.45, 7) is 0.0926. The first kappa shape index (κ1) is 18.1. The number of hydrogen-bond donors (Lipinski definition) is 3. The lowest BCUT2D eigenvalue weighted by atomic mass is 9.83. The van der Waals surface area contributed by atoms with Crippen molar-refractivity contribution in [3.8, 4) is 0 Å². The van der Waals surface area contributed by atoms with E-state index in [4.69, 9.17) is 5.73 Å². The summed E-state index contributed by atoms with van der Waals surface area (Å²) in [6.07, 6.45) is -4.27. The van der Waals surface area contributed by atoms with Gasteiger partial charge in [0.25, 0.3) is 0 Å². The minimum atomic E-state index is -4.48. The van der Waals surface area contributed by atoms with E-state index in [0.29, 0.717) is 0 Å². The molecule has 3 amide bonds. The van der Waals surface area contributed by atoms with Gasteiger partial charge in [-0.1, -0.05) is 12.1 Å². The number of aliphatic hydroxyl groups is 1. The number of halogens is 3. The van der Waals surface area contributed by atoms with Crippen molar-refractivity contribution in [2.45, 2.75) is 24.6 Å². The summed E-state index contributed by atoms with van der Waals surface area (Å²) < 4.78 is 38.4. The smallest absolute Gasteiger partial charge is 0.385 e. The van der Waals surface area contributed by atoms with Crippen molar-refractivity contribution in [1.29, 1.82) is 0 Å². The van der Waals surface area contributed by atoms with Gasteiger partial charge in [-0.3, -0.25) is 4.79 Å². The SMILES string of the molecule is NC(=O)NCC(=O)N1CCC(O)(c2cccc(C(F)(F)F)c2)CC1. The molecule has 1 aliphatic heterocycles. The quantitative estimate of drug-likeness (QED) is 0.768. The van der Waals surface area contributed by atoms with Gasteiger partial charge in [0.2, 0.25) is 5.91 Å². The molecule has 132 valence electrons. The Labute approximate surface area is 136 Å². The van der Waals surface area contributed by atoms with Crippen LogP contribution in [0, 0.1) is 0 Å². The minimum absolute atomic E-state index is 0.108. The first-order valence-electron chi connectivity index (χ1n) is 7.33. The summed E-state index contributed by atoms with van der Waals surface area (Å²) in [6, 6.07) is 3.76. The zero-order chi connectivity index (χ0) is 18.0. The maximum atomic E-state index is 12.8. The number of alkyl halides is 3. The van der Waals surface area contributed by atoms with E-state index in [1.165, 1.54) is 17.0 Å². The summed E-state index contributed by atoms with van der Waals surface area (Å²) >= 11 is 0. The molecule has 2 rings (SSSR count). The van der Waals surface area contributed by atoms with Crippen LogP contribution in [0.4, 0.5) is 18.0 Å². The predicted octanol–water partition coefficient (Wildman–Crippen LogP) is 1.18. The van der Waals surface area contributed by atoms with Gasteiger partial charge in [0.15, 0.2) is 0 Å². The number of nitrogens with one attached hydrogen (secondary N) is 1. The molecule has 0 aliphatic carbocycles. The van der Waals surface area contributed by atoms with Crippen molar-refractivity contribution in [3.05, 3.63) is 35.4 Å². The highest BCUT2D eigenvalue weighted by Gasteiger charge is 2.37. The molecule has 1 fully saturated rings. The van der Waals surface area contributed by atoms with Gasteiger partial charge in [-0.25, -0.2) is 4.79 Å². The third-order valence-electron chi connectivity index (χ3n) is 4.08. The molecule has 1 aliphatic rings. The van der Waals surface area contributed by atoms with Crippen LogP contribution in [0.25, 0.3) is 0 Å². The van der Waals surface area contributed by atoms with Crippen LogP contribution in [0.5, 0.6) is 0 Å². The summed E-state index contributed by atoms with van der Waals surface area (Å²) in [4.78, 5) is 23.9. The molecule has 0 radical (unpaired) electrons. The van der Waals surface area contributed by atoms with Gasteiger partial charge in [-0.05, 0) is 30.5 Å². The van der Waals surface area contributed by atoms with Gasteiger partial charge in [-0.15, -0.1) is 0 Å². The highest BCUT2D eigenvalue weighted by molar-refractivity contribution is 5.83. The summed E-state index contributed by atoms with van der Waals surface area (Å²) in [7, 11) is 0. The number of nitrogens with two attached hydrogens (primary N) is 1. The van der Waals surface area contributed by atoms with Crippen LogP contribution in [0.3, 0.4) is 0 Å². The number of amides is 3. The Balaban J connectivity index is 2.04. The molecule has 0 atom stereocenters. The van der Waals surface area contributed by atoms with E-state index >= 15 is 0 Å². The molecule has 1 heterocycles. The minimum Gasteiger partial charge on any atom is -0.385 e. The number of primary amides is 1. The Morgan fingerprint density at radius 3 is 2.46 bits per heavy atom. The van der Waals surface area contributed by atoms with E-state index in [2.05, 4.69) is 5.32 Å². The Morgan fingerprint density at radius 1 is 1.29 bits per heavy atom. The molecular weight excluding hydrogens is 327 g/mol. The van der Waals surface area contributed by atoms with E-state index in [0.717, 1.165) is 12.1 Å². The molecule has 0 aromatic heterocycles. The van der Waals surface area contributed by atoms with Crippen molar-refractivity contribution in [2.75, 3.05) is 19.6 Å². The number of piperidine rings is 1. The zero-order valence-electron chi connectivity index (χ0n) is 12.8. The number of nitrogens with zero attached hydrogens (tertiary/aromatic N) is 1. The van der Waals surface area contributed by atoms with E-state index in [9.17, 15) is 27.9 Å². The number of likely N-dealkylation sites (tertiary alicyclic amines) is 1. The fourth-order valence-corrected chi connectivity index (χ4v) is 2.67. The second-order valence-electron chi connectivity index (χ2n) is 5.71. The van der Waals surface area contributed by atoms with Crippen LogP contribution in [-0.2, 0) is 16.6 Å². The second-order valence-corrected chi connectivity index (χ2v) is 5.71. The molecule has 1 aromatic carbocycles. The average molecular weight is 345 g/mol. The Kier molecular flexibility index (Phi) is 5.02. The fourth-order valence-electron chi connectivity index (χ4n) is 2.67. The lowest BCUT2D eigenvalue weighted by Crippen LogP contribution is -2.48. The molecule has 4 N–H and O–H groups in total. The third-order valence-corrected chi connectivity index (χ3v) is 4.08. The maximum Gasteiger partial charge on any atom is 0.416 e. The van der Waals surface area contributed by atoms with E-state index in [-0.39, 0.29) is 43.9 Å². The lowest BCUT2D eigenvalue weighted by Gasteiger charge is -2.38. The van der Waals surface area contributed by atoms with Crippen molar-refractivity contribution in [3.63, 3.8) is 0 Å². The van der Waals surface area contributed by atoms with Crippen molar-refractivity contribution >= 4 is 11.9 Å². The second kappa shape index (κ2) is 6.68. The molecule has 0 unspecified atom stereocenters. The lowest BCUT2D eigenvalue weighted by molar-refractivity contribution is -0.137. The number of urea groups is 1. The molecule has 6 nitrogen and oxygen atoms in total. The molecule has 1 aromatic rings. The molecule has 9 heteroatoms. The molecule has 0 spiro atoms. The fraction of sp³-hybridized carbons (Fsp3) is 0.467. The van der Waals surface area contributed by atoms with Gasteiger partial charge in [-0.2, -0.15) is 13.2 Å². The monoisotopic (exact) mass is 345 g/mol. The summed E-state index contributed by atoms with van der Waals surface area (Å²) in [5.41, 5.74) is 2.82. The van der Waals surface area contributed by atoms with Gasteiger partial charge in [0.05, 0.1) is 17.7 Å². The van der Waals surface area contributed by atoms with E-state index in [1.807, 2.05) is 0 Å². The standard InChI is InChI=1S/C15H18F3N3O3/c16-15(17,18)11-3-1-2-10(8-11)14(24)4-6-21(7-5-14)12(22)9-20-13(19)23/h1-3,8,24H,4-7,9H2,(H3,19,20,23). The normalized spacial score (nSPS) is 17.4. The van der Waals surface area contributed by atoms with Crippen molar-refractivity contribution in [1.82, 2.24) is 10.2 Å². The van der Waals surface area contributed by atoms with Crippen LogP contribution in [-0.4, -0.2) is 41.6 Å². The van der Waals surface area contributed by atoms with Crippen LogP contribution in [0.2, 0.25) is 0 Å². The van der Waals surface area contributed by atoms with Crippen LogP contribution < -0.4 is 11.1 Å². The largest absolute Gasteiger partial charge is 0.416 e. The van der Waals surface area contributed by atoms with Crippen molar-refractivity contribution in [2.24, 2.45) is 5.73 Å². The number of carbonyl (C=O) groups excluding carboxylic acids is 2. The van der Waals surface area contributed by atoms with Gasteiger partial charge < -0.3 is 21.1 Å². The maximum absolute atomic E-state index is 12.8. The first-order chi connectivity index (χ1) is 11.1. The van der Waals surface area contributed by atoms with E-state index in [1.54, 1.807) is 0 Å². The van der Waals surface area contributed by atoms with E-state index < -0.39 is 23.4 Å². The number of carbonyl (C=O) groups is 2.